The molecule has 0 aliphatic carbocycles. The van der Waals surface area contributed by atoms with Crippen molar-refractivity contribution in [3.05, 3.63) is 20.6 Å². The van der Waals surface area contributed by atoms with Crippen LogP contribution in [0.25, 0.3) is 0 Å². The highest BCUT2D eigenvalue weighted by Gasteiger charge is 2.53. The molecule has 2 aromatic heterocycles. The highest BCUT2D eigenvalue weighted by atomic mass is 35.5. The standard InChI is InChI=1S/C17H17ClN8O5S4/c1-20-16-23-24-17(35-16)33-4-32-6-3-2-5-7(13(28)26(5)10(6)14(29)30)21-12(27)9(25-31)8-11(18)34-15(19)22-8/h5,7,31H,2-4H2,1H3,(H2,19,22)(H,20,23)(H,21,27)(H,29,30)/t5-,7+/m1/s1. The first-order valence-electron chi connectivity index (χ1n) is 9.76. The summed E-state index contributed by atoms with van der Waals surface area (Å²) in [5, 5.41) is 36.7. The Morgan fingerprint density at radius 1 is 1.34 bits per heavy atom. The molecule has 0 unspecified atom stereocenters. The lowest BCUT2D eigenvalue weighted by Gasteiger charge is -2.50. The van der Waals surface area contributed by atoms with E-state index >= 15 is 0 Å². The van der Waals surface area contributed by atoms with Crippen molar-refractivity contribution in [1.29, 1.82) is 0 Å². The van der Waals surface area contributed by atoms with Gasteiger partial charge in [0.05, 0.1) is 11.1 Å². The van der Waals surface area contributed by atoms with E-state index in [9.17, 15) is 24.7 Å². The second kappa shape index (κ2) is 10.6. The van der Waals surface area contributed by atoms with Crippen molar-refractivity contribution < 1.29 is 24.7 Å². The maximum Gasteiger partial charge on any atom is 0.353 e. The molecule has 0 spiro atoms. The van der Waals surface area contributed by atoms with Gasteiger partial charge in [0, 0.05) is 12.0 Å². The molecule has 4 rings (SSSR count). The summed E-state index contributed by atoms with van der Waals surface area (Å²) < 4.78 is 0.787. The highest BCUT2D eigenvalue weighted by Crippen LogP contribution is 2.42. The number of fused-ring (bicyclic) bond motifs is 1. The fourth-order valence-electron chi connectivity index (χ4n) is 3.56. The summed E-state index contributed by atoms with van der Waals surface area (Å²) >= 11 is 11.0. The number of aliphatic carboxylic acids is 1. The molecule has 186 valence electrons. The van der Waals surface area contributed by atoms with Gasteiger partial charge in [0.2, 0.25) is 5.13 Å². The largest absolute Gasteiger partial charge is 0.477 e. The van der Waals surface area contributed by atoms with Crippen molar-refractivity contribution in [2.24, 2.45) is 5.16 Å². The molecular weight excluding hydrogens is 560 g/mol. The van der Waals surface area contributed by atoms with Crippen molar-refractivity contribution in [2.75, 3.05) is 23.2 Å². The summed E-state index contributed by atoms with van der Waals surface area (Å²) in [4.78, 5) is 43.2. The number of carboxylic acid groups (broad SMARTS) is 1. The minimum Gasteiger partial charge on any atom is -0.477 e. The number of nitrogen functional groups attached to an aromatic ring is 1. The first-order valence-corrected chi connectivity index (χ1v) is 13.7. The third-order valence-electron chi connectivity index (χ3n) is 5.06. The molecule has 1 fully saturated rings. The number of aromatic nitrogens is 3. The first kappa shape index (κ1) is 25.5. The van der Waals surface area contributed by atoms with Gasteiger partial charge < -0.3 is 26.7 Å². The Bertz CT molecular complexity index is 1250. The molecule has 2 aromatic rings. The molecular formula is C17H17ClN8O5S4. The number of carboxylic acids is 1. The average Bonchev–Trinajstić information content (AvgIpc) is 3.42. The number of thioether (sulfide) groups is 2. The molecule has 0 bridgehead atoms. The van der Waals surface area contributed by atoms with Gasteiger partial charge in [-0.1, -0.05) is 51.2 Å². The number of thiazole rings is 1. The zero-order valence-electron chi connectivity index (χ0n) is 17.7. The number of rotatable bonds is 9. The predicted octanol–water partition coefficient (Wildman–Crippen LogP) is 1.72. The zero-order chi connectivity index (χ0) is 25.3. The van der Waals surface area contributed by atoms with Crippen LogP contribution in [0.1, 0.15) is 18.5 Å². The molecule has 0 aromatic carbocycles. The molecule has 0 saturated carbocycles. The number of β-lactam (4-membered cyclic amide) rings is 1. The SMILES string of the molecule is CNc1nnc(SCSC2=C(C(=O)O)N3C(=O)[C@@H](NC(=O)C(=NO)c4nc(N)sc4Cl)[C@H]3CC2)s1. The van der Waals surface area contributed by atoms with Crippen LogP contribution in [0, 0.1) is 0 Å². The van der Waals surface area contributed by atoms with Crippen molar-refractivity contribution in [1.82, 2.24) is 25.4 Å². The van der Waals surface area contributed by atoms with E-state index < -0.39 is 35.6 Å². The Kier molecular flexibility index (Phi) is 7.70. The highest BCUT2D eigenvalue weighted by molar-refractivity contribution is 8.18. The van der Waals surface area contributed by atoms with E-state index in [4.69, 9.17) is 17.3 Å². The molecule has 2 aliphatic rings. The molecule has 2 amide bonds. The molecule has 13 nitrogen and oxygen atoms in total. The van der Waals surface area contributed by atoms with E-state index in [1.165, 1.54) is 39.8 Å². The van der Waals surface area contributed by atoms with Gasteiger partial charge in [-0.2, -0.15) is 0 Å². The molecule has 2 aliphatic heterocycles. The van der Waals surface area contributed by atoms with E-state index in [1.807, 2.05) is 0 Å². The van der Waals surface area contributed by atoms with Crippen LogP contribution >= 0.6 is 57.8 Å². The fourth-order valence-corrected chi connectivity index (χ4v) is 7.72. The van der Waals surface area contributed by atoms with Crippen molar-refractivity contribution in [2.45, 2.75) is 29.3 Å². The summed E-state index contributed by atoms with van der Waals surface area (Å²) in [7, 11) is 1.74. The average molecular weight is 577 g/mol. The Labute approximate surface area is 219 Å². The van der Waals surface area contributed by atoms with Gasteiger partial charge in [-0.05, 0) is 12.8 Å². The van der Waals surface area contributed by atoms with E-state index in [0.717, 1.165) is 15.7 Å². The van der Waals surface area contributed by atoms with Crippen LogP contribution < -0.4 is 16.4 Å². The molecule has 18 heteroatoms. The van der Waals surface area contributed by atoms with E-state index in [-0.39, 0.29) is 20.9 Å². The van der Waals surface area contributed by atoms with E-state index in [2.05, 4.69) is 31.0 Å². The fraction of sp³-hybridized carbons (Fsp3) is 0.353. The number of carbonyl (C=O) groups is 3. The number of allylic oxidation sites excluding steroid dienone is 1. The van der Waals surface area contributed by atoms with Crippen molar-refractivity contribution in [3.8, 4) is 0 Å². The number of nitrogens with two attached hydrogens (primary N) is 1. The Morgan fingerprint density at radius 3 is 2.71 bits per heavy atom. The van der Waals surface area contributed by atoms with Crippen LogP contribution in [0.3, 0.4) is 0 Å². The van der Waals surface area contributed by atoms with Crippen LogP contribution in [0.15, 0.2) is 20.1 Å². The van der Waals surface area contributed by atoms with E-state index in [1.54, 1.807) is 7.05 Å². The van der Waals surface area contributed by atoms with E-state index in [0.29, 0.717) is 28.0 Å². The van der Waals surface area contributed by atoms with Crippen LogP contribution in [0.4, 0.5) is 10.3 Å². The number of anilines is 2. The smallest absolute Gasteiger partial charge is 0.353 e. The van der Waals surface area contributed by atoms with Gasteiger partial charge >= 0.3 is 5.97 Å². The number of hydrogen-bond acceptors (Lipinski definition) is 14. The number of oxime groups is 1. The number of hydrogen-bond donors (Lipinski definition) is 5. The quantitative estimate of drug-likeness (QED) is 0.0724. The summed E-state index contributed by atoms with van der Waals surface area (Å²) in [5.41, 5.74) is 4.87. The van der Waals surface area contributed by atoms with Crippen LogP contribution in [0.2, 0.25) is 4.34 Å². The monoisotopic (exact) mass is 576 g/mol. The molecule has 4 heterocycles. The molecule has 2 atom stereocenters. The van der Waals surface area contributed by atoms with Gasteiger partial charge in [0.25, 0.3) is 11.8 Å². The molecule has 0 radical (unpaired) electrons. The van der Waals surface area contributed by atoms with Crippen LogP contribution in [-0.2, 0) is 14.4 Å². The zero-order valence-corrected chi connectivity index (χ0v) is 21.7. The summed E-state index contributed by atoms with van der Waals surface area (Å²) in [5.74, 6) is -2.68. The van der Waals surface area contributed by atoms with Crippen molar-refractivity contribution >= 4 is 91.6 Å². The van der Waals surface area contributed by atoms with Gasteiger partial charge in [0.1, 0.15) is 21.8 Å². The van der Waals surface area contributed by atoms with Gasteiger partial charge in [-0.25, -0.2) is 9.78 Å². The van der Waals surface area contributed by atoms with Gasteiger partial charge in [-0.3, -0.25) is 14.5 Å². The number of nitrogens with one attached hydrogen (secondary N) is 2. The normalized spacial score (nSPS) is 19.9. The topological polar surface area (TPSA) is 196 Å². The summed E-state index contributed by atoms with van der Waals surface area (Å²) in [6.07, 6.45) is 0.861. The second-order valence-electron chi connectivity index (χ2n) is 7.00. The predicted molar refractivity (Wildman–Crippen MR) is 134 cm³/mol. The number of carbonyl (C=O) groups excluding carboxylic acids is 2. The number of amides is 2. The minimum absolute atomic E-state index is 0.0519. The maximum atomic E-state index is 12.9. The van der Waals surface area contributed by atoms with Gasteiger partial charge in [0.15, 0.2) is 15.2 Å². The molecule has 6 N–H and O–H groups in total. The van der Waals surface area contributed by atoms with Gasteiger partial charge in [-0.15, -0.1) is 22.0 Å². The Morgan fingerprint density at radius 2 is 2.11 bits per heavy atom. The lowest BCUT2D eigenvalue weighted by molar-refractivity contribution is -0.155. The van der Waals surface area contributed by atoms with Crippen molar-refractivity contribution in [3.63, 3.8) is 0 Å². The second-order valence-corrected chi connectivity index (χ2v) is 12.3. The Balaban J connectivity index is 1.43. The third-order valence-corrected chi connectivity index (χ3v) is 9.50. The van der Waals surface area contributed by atoms with Crippen LogP contribution in [0.5, 0.6) is 0 Å². The maximum absolute atomic E-state index is 12.9. The Hall–Kier alpha value is -2.60. The van der Waals surface area contributed by atoms with Crippen LogP contribution in [-0.4, -0.2) is 78.1 Å². The lowest BCUT2D eigenvalue weighted by atomic mass is 9.86. The molecule has 1 saturated heterocycles. The minimum atomic E-state index is -1.23. The summed E-state index contributed by atoms with van der Waals surface area (Å²) in [6, 6.07) is -1.53. The number of halogens is 1. The third kappa shape index (κ3) is 5.04. The lowest BCUT2D eigenvalue weighted by Crippen LogP contribution is -2.72. The molecule has 35 heavy (non-hydrogen) atoms. The summed E-state index contributed by atoms with van der Waals surface area (Å²) in [6.45, 7) is 0. The first-order chi connectivity index (χ1) is 16.7. The number of nitrogens with zero attached hydrogens (tertiary/aromatic N) is 5.